The molecule has 1 fully saturated rings. The first-order chi connectivity index (χ1) is 17.2. The number of aromatic nitrogens is 3. The lowest BCUT2D eigenvalue weighted by Gasteiger charge is -2.26. The van der Waals surface area contributed by atoms with Gasteiger partial charge in [0.2, 0.25) is 0 Å². The number of fused-ring (bicyclic) bond motifs is 2. The summed E-state index contributed by atoms with van der Waals surface area (Å²) in [7, 11) is 2.18. The van der Waals surface area contributed by atoms with Gasteiger partial charge in [0.25, 0.3) is 0 Å². The van der Waals surface area contributed by atoms with E-state index in [1.54, 1.807) is 6.20 Å². The number of benzene rings is 3. The fourth-order valence-electron chi connectivity index (χ4n) is 4.82. The fraction of sp³-hybridized carbons (Fsp3) is 0.207. The van der Waals surface area contributed by atoms with Gasteiger partial charge in [-0.3, -0.25) is 9.98 Å². The average molecular weight is 461 g/mol. The predicted molar refractivity (Wildman–Crippen MR) is 141 cm³/mol. The second-order valence-electron chi connectivity index (χ2n) is 9.16. The fourth-order valence-corrected chi connectivity index (χ4v) is 4.82. The van der Waals surface area contributed by atoms with Gasteiger partial charge in [0.05, 0.1) is 51.4 Å². The van der Waals surface area contributed by atoms with Crippen molar-refractivity contribution in [3.63, 3.8) is 0 Å². The highest BCUT2D eigenvalue weighted by molar-refractivity contribution is 5.84. The van der Waals surface area contributed by atoms with E-state index in [4.69, 9.17) is 9.98 Å². The van der Waals surface area contributed by atoms with Crippen molar-refractivity contribution in [2.45, 2.75) is 18.9 Å². The van der Waals surface area contributed by atoms with Crippen LogP contribution in [0.3, 0.4) is 0 Å². The highest BCUT2D eigenvalue weighted by Gasteiger charge is 2.19. The van der Waals surface area contributed by atoms with Crippen molar-refractivity contribution in [3.8, 4) is 17.1 Å². The minimum Gasteiger partial charge on any atom is -0.352 e. The van der Waals surface area contributed by atoms with Gasteiger partial charge in [0, 0.05) is 11.9 Å². The van der Waals surface area contributed by atoms with Gasteiger partial charge in [-0.25, -0.2) is 4.98 Å². The Hall–Kier alpha value is -4.03. The number of nitrogens with zero attached hydrogens (tertiary/aromatic N) is 5. The highest BCUT2D eigenvalue weighted by Crippen LogP contribution is 2.30. The standard InChI is InChI=1S/C29H28N6/c1-34-16-13-21(14-17-34)31-26-19-29-27(18-25(26)32-22-8-7-15-30-20-22)33-24-11-5-6-12-28(24)35(29)23-9-3-2-4-10-23/h2-12,15,18-21,32H,13-14,16-17H2,1H3. The Balaban J connectivity index is 1.60. The van der Waals surface area contributed by atoms with Crippen molar-refractivity contribution in [3.05, 3.63) is 96.6 Å². The summed E-state index contributed by atoms with van der Waals surface area (Å²) in [5.74, 6) is 0. The molecule has 2 aliphatic heterocycles. The molecule has 6 nitrogen and oxygen atoms in total. The molecule has 3 aromatic rings. The molecule has 0 saturated carbocycles. The summed E-state index contributed by atoms with van der Waals surface area (Å²) >= 11 is 0. The molecule has 0 unspecified atom stereocenters. The Bertz CT molecular complexity index is 1480. The molecule has 1 saturated heterocycles. The van der Waals surface area contributed by atoms with E-state index in [1.165, 1.54) is 0 Å². The topological polar surface area (TPSA) is 58.3 Å². The normalized spacial score (nSPS) is 15.6. The van der Waals surface area contributed by atoms with Crippen molar-refractivity contribution in [2.75, 3.05) is 25.5 Å². The third-order valence-electron chi connectivity index (χ3n) is 6.66. The van der Waals surface area contributed by atoms with Gasteiger partial charge in [0.15, 0.2) is 0 Å². The maximum Gasteiger partial charge on any atom is 0.0900 e. The first-order valence-electron chi connectivity index (χ1n) is 12.1. The number of para-hydroxylation sites is 3. The van der Waals surface area contributed by atoms with Crippen LogP contribution in [0, 0.1) is 0 Å². The summed E-state index contributed by atoms with van der Waals surface area (Å²) in [5, 5.41) is 4.51. The average Bonchev–Trinajstić information content (AvgIpc) is 2.90. The Morgan fingerprint density at radius 1 is 0.914 bits per heavy atom. The van der Waals surface area contributed by atoms with Crippen LogP contribution in [0.25, 0.3) is 28.1 Å². The van der Waals surface area contributed by atoms with Crippen molar-refractivity contribution in [2.24, 2.45) is 4.99 Å². The SMILES string of the molecule is CN1CCC(N=c2cc3n(-c4ccccc4)c4ccccc4nc-3cc2Nc2cccnc2)CC1. The quantitative estimate of drug-likeness (QED) is 0.372. The minimum atomic E-state index is 0.302. The Morgan fingerprint density at radius 2 is 1.71 bits per heavy atom. The van der Waals surface area contributed by atoms with Gasteiger partial charge in [-0.2, -0.15) is 0 Å². The van der Waals surface area contributed by atoms with Crippen molar-refractivity contribution in [1.82, 2.24) is 19.4 Å². The lowest BCUT2D eigenvalue weighted by molar-refractivity contribution is 0.255. The maximum atomic E-state index is 5.26. The number of anilines is 2. The first kappa shape index (κ1) is 21.5. The first-order valence-corrected chi connectivity index (χ1v) is 12.1. The van der Waals surface area contributed by atoms with E-state index in [0.29, 0.717) is 6.04 Å². The summed E-state index contributed by atoms with van der Waals surface area (Å²) in [4.78, 5) is 17.0. The molecule has 2 aromatic carbocycles. The number of hydrogen-bond donors (Lipinski definition) is 1. The number of hydrogen-bond acceptors (Lipinski definition) is 5. The molecule has 0 atom stereocenters. The second-order valence-corrected chi connectivity index (χ2v) is 9.16. The van der Waals surface area contributed by atoms with E-state index in [-0.39, 0.29) is 0 Å². The van der Waals surface area contributed by atoms with Gasteiger partial charge in [-0.1, -0.05) is 30.3 Å². The summed E-state index contributed by atoms with van der Waals surface area (Å²) in [6, 6.07) is 27.4. The van der Waals surface area contributed by atoms with Gasteiger partial charge in [-0.05, 0) is 81.5 Å². The smallest absolute Gasteiger partial charge is 0.0900 e. The molecule has 6 rings (SSSR count). The van der Waals surface area contributed by atoms with Gasteiger partial charge >= 0.3 is 0 Å². The zero-order chi connectivity index (χ0) is 23.6. The number of nitrogens with one attached hydrogen (secondary N) is 1. The van der Waals surface area contributed by atoms with Crippen molar-refractivity contribution in [1.29, 1.82) is 0 Å². The molecule has 1 aliphatic carbocycles. The third-order valence-corrected chi connectivity index (χ3v) is 6.66. The molecule has 0 radical (unpaired) electrons. The zero-order valence-electron chi connectivity index (χ0n) is 19.8. The Labute approximate surface area is 205 Å². The predicted octanol–water partition coefficient (Wildman–Crippen LogP) is 5.26. The third kappa shape index (κ3) is 4.40. The molecule has 0 spiro atoms. The minimum absolute atomic E-state index is 0.302. The van der Waals surface area contributed by atoms with Crippen LogP contribution < -0.4 is 10.7 Å². The molecule has 3 aliphatic rings. The van der Waals surface area contributed by atoms with E-state index in [0.717, 1.165) is 70.8 Å². The second kappa shape index (κ2) is 9.31. The monoisotopic (exact) mass is 460 g/mol. The van der Waals surface area contributed by atoms with E-state index in [1.807, 2.05) is 30.5 Å². The number of pyridine rings is 1. The summed E-state index contributed by atoms with van der Waals surface area (Å²) < 4.78 is 2.29. The van der Waals surface area contributed by atoms with Gasteiger partial charge in [-0.15, -0.1) is 0 Å². The lowest BCUT2D eigenvalue weighted by Crippen LogP contribution is -2.33. The molecular weight excluding hydrogens is 432 g/mol. The summed E-state index contributed by atoms with van der Waals surface area (Å²) in [6.07, 6.45) is 5.75. The van der Waals surface area contributed by atoms with Crippen LogP contribution >= 0.6 is 0 Å². The zero-order valence-corrected chi connectivity index (χ0v) is 19.8. The van der Waals surface area contributed by atoms with Crippen LogP contribution in [0.15, 0.2) is 96.2 Å². The van der Waals surface area contributed by atoms with Crippen LogP contribution in [0.1, 0.15) is 12.8 Å². The highest BCUT2D eigenvalue weighted by atomic mass is 15.1. The molecule has 174 valence electrons. The lowest BCUT2D eigenvalue weighted by atomic mass is 10.1. The Morgan fingerprint density at radius 3 is 2.51 bits per heavy atom. The number of piperidine rings is 1. The molecule has 35 heavy (non-hydrogen) atoms. The largest absolute Gasteiger partial charge is 0.352 e. The van der Waals surface area contributed by atoms with E-state index in [9.17, 15) is 0 Å². The molecule has 0 amide bonds. The van der Waals surface area contributed by atoms with Crippen LogP contribution in [-0.2, 0) is 0 Å². The number of rotatable bonds is 4. The van der Waals surface area contributed by atoms with Crippen molar-refractivity contribution < 1.29 is 0 Å². The molecule has 0 bridgehead atoms. The van der Waals surface area contributed by atoms with Crippen LogP contribution in [0.4, 0.5) is 11.4 Å². The molecule has 6 heteroatoms. The number of likely N-dealkylation sites (tertiary alicyclic amines) is 1. The van der Waals surface area contributed by atoms with E-state index in [2.05, 4.69) is 81.4 Å². The summed E-state index contributed by atoms with van der Waals surface area (Å²) in [5.41, 5.74) is 6.98. The van der Waals surface area contributed by atoms with E-state index >= 15 is 0 Å². The van der Waals surface area contributed by atoms with Crippen LogP contribution in [0.2, 0.25) is 0 Å². The molecule has 1 aromatic heterocycles. The van der Waals surface area contributed by atoms with E-state index < -0.39 is 0 Å². The van der Waals surface area contributed by atoms with Crippen LogP contribution in [0.5, 0.6) is 0 Å². The molecular formula is C29H28N6. The molecule has 1 N–H and O–H groups in total. The maximum absolute atomic E-state index is 5.26. The van der Waals surface area contributed by atoms with Gasteiger partial charge in [0.1, 0.15) is 0 Å². The van der Waals surface area contributed by atoms with Gasteiger partial charge < -0.3 is 14.8 Å². The Kier molecular flexibility index (Phi) is 5.72. The van der Waals surface area contributed by atoms with Crippen molar-refractivity contribution >= 4 is 22.4 Å². The molecule has 3 heterocycles. The van der Waals surface area contributed by atoms with Crippen LogP contribution in [-0.4, -0.2) is 45.6 Å². The summed E-state index contributed by atoms with van der Waals surface area (Å²) in [6.45, 7) is 2.15.